The van der Waals surface area contributed by atoms with Gasteiger partial charge < -0.3 is 9.64 Å². The Morgan fingerprint density at radius 2 is 1.72 bits per heavy atom. The molecule has 4 rings (SSSR count). The Balaban J connectivity index is 1.76. The molecule has 1 aliphatic rings. The number of fused-ring (bicyclic) bond motifs is 1. The van der Waals surface area contributed by atoms with E-state index in [-0.39, 0.29) is 5.97 Å². The van der Waals surface area contributed by atoms with E-state index < -0.39 is 0 Å². The fourth-order valence-electron chi connectivity index (χ4n) is 2.87. The van der Waals surface area contributed by atoms with Gasteiger partial charge in [0.2, 0.25) is 0 Å². The number of esters is 1. The average molecular weight is 331 g/mol. The molecule has 0 radical (unpaired) electrons. The molecular weight excluding hydrogens is 314 g/mol. The van der Waals surface area contributed by atoms with Crippen molar-refractivity contribution in [2.75, 3.05) is 18.1 Å². The highest BCUT2D eigenvalue weighted by atomic mass is 16.5. The number of anilines is 1. The Kier molecular flexibility index (Phi) is 4.12. The van der Waals surface area contributed by atoms with Crippen LogP contribution in [0.1, 0.15) is 15.9 Å². The highest BCUT2D eigenvalue weighted by Gasteiger charge is 2.25. The van der Waals surface area contributed by atoms with Gasteiger partial charge in [-0.2, -0.15) is 0 Å². The SMILES string of the molecule is O=C1OCCN(Cc2ccccc2)c2nc(-c3ccccc3)ncc21. The summed E-state index contributed by atoms with van der Waals surface area (Å²) >= 11 is 0. The Labute approximate surface area is 145 Å². The second-order valence-corrected chi connectivity index (χ2v) is 5.84. The molecule has 0 bridgehead atoms. The monoisotopic (exact) mass is 331 g/mol. The van der Waals surface area contributed by atoms with Gasteiger partial charge in [-0.05, 0) is 5.56 Å². The summed E-state index contributed by atoms with van der Waals surface area (Å²) in [6.45, 7) is 1.59. The standard InChI is InChI=1S/C20H17N3O2/c24-20-17-13-21-18(16-9-5-2-6-10-16)22-19(17)23(11-12-25-20)14-15-7-3-1-4-8-15/h1-10,13H,11-12,14H2. The van der Waals surface area contributed by atoms with Crippen molar-refractivity contribution in [1.29, 1.82) is 0 Å². The smallest absolute Gasteiger partial charge is 0.343 e. The fourth-order valence-corrected chi connectivity index (χ4v) is 2.87. The van der Waals surface area contributed by atoms with Gasteiger partial charge in [0.15, 0.2) is 5.82 Å². The van der Waals surface area contributed by atoms with Gasteiger partial charge in [-0.1, -0.05) is 60.7 Å². The number of ether oxygens (including phenoxy) is 1. The number of carbonyl (C=O) groups excluding carboxylic acids is 1. The van der Waals surface area contributed by atoms with Gasteiger partial charge in [0, 0.05) is 18.3 Å². The quantitative estimate of drug-likeness (QED) is 0.689. The number of hydrogen-bond donors (Lipinski definition) is 0. The molecule has 5 nitrogen and oxygen atoms in total. The first-order chi connectivity index (χ1) is 12.3. The third-order valence-corrected chi connectivity index (χ3v) is 4.13. The maximum Gasteiger partial charge on any atom is 0.343 e. The zero-order valence-electron chi connectivity index (χ0n) is 13.6. The number of aromatic nitrogens is 2. The van der Waals surface area contributed by atoms with Crippen molar-refractivity contribution < 1.29 is 9.53 Å². The minimum absolute atomic E-state index is 0.336. The van der Waals surface area contributed by atoms with E-state index >= 15 is 0 Å². The zero-order valence-corrected chi connectivity index (χ0v) is 13.6. The second kappa shape index (κ2) is 6.73. The van der Waals surface area contributed by atoms with E-state index in [1.165, 1.54) is 0 Å². The lowest BCUT2D eigenvalue weighted by molar-refractivity contribution is 0.0526. The van der Waals surface area contributed by atoms with Crippen molar-refractivity contribution in [2.45, 2.75) is 6.54 Å². The Morgan fingerprint density at radius 3 is 2.48 bits per heavy atom. The van der Waals surface area contributed by atoms with Crippen LogP contribution < -0.4 is 4.90 Å². The summed E-state index contributed by atoms with van der Waals surface area (Å²) in [5, 5.41) is 0. The second-order valence-electron chi connectivity index (χ2n) is 5.84. The third-order valence-electron chi connectivity index (χ3n) is 4.13. The molecule has 0 saturated carbocycles. The lowest BCUT2D eigenvalue weighted by Crippen LogP contribution is -2.26. The predicted molar refractivity (Wildman–Crippen MR) is 95.2 cm³/mol. The Hall–Kier alpha value is -3.21. The summed E-state index contributed by atoms with van der Waals surface area (Å²) in [6.07, 6.45) is 1.57. The lowest BCUT2D eigenvalue weighted by atomic mass is 10.2. The van der Waals surface area contributed by atoms with Crippen molar-refractivity contribution in [3.63, 3.8) is 0 Å². The van der Waals surface area contributed by atoms with Crippen molar-refractivity contribution in [3.05, 3.63) is 78.0 Å². The first kappa shape index (κ1) is 15.3. The number of benzene rings is 2. The summed E-state index contributed by atoms with van der Waals surface area (Å²) in [7, 11) is 0. The first-order valence-electron chi connectivity index (χ1n) is 8.20. The molecule has 1 aliphatic heterocycles. The normalized spacial score (nSPS) is 13.8. The lowest BCUT2D eigenvalue weighted by Gasteiger charge is -2.22. The largest absolute Gasteiger partial charge is 0.460 e. The third kappa shape index (κ3) is 3.21. The van der Waals surface area contributed by atoms with E-state index in [0.29, 0.717) is 36.9 Å². The number of carbonyl (C=O) groups is 1. The molecule has 25 heavy (non-hydrogen) atoms. The van der Waals surface area contributed by atoms with Gasteiger partial charge in [0.25, 0.3) is 0 Å². The van der Waals surface area contributed by atoms with E-state index in [4.69, 9.17) is 4.74 Å². The molecule has 0 N–H and O–H groups in total. The maximum absolute atomic E-state index is 12.2. The number of nitrogens with zero attached hydrogens (tertiary/aromatic N) is 3. The Bertz CT molecular complexity index is 882. The highest BCUT2D eigenvalue weighted by Crippen LogP contribution is 2.26. The van der Waals surface area contributed by atoms with Crippen molar-refractivity contribution in [2.24, 2.45) is 0 Å². The summed E-state index contributed by atoms with van der Waals surface area (Å²) < 4.78 is 5.28. The van der Waals surface area contributed by atoms with Crippen molar-refractivity contribution in [1.82, 2.24) is 9.97 Å². The van der Waals surface area contributed by atoms with E-state index in [0.717, 1.165) is 11.1 Å². The van der Waals surface area contributed by atoms with E-state index in [2.05, 4.69) is 27.0 Å². The van der Waals surface area contributed by atoms with Gasteiger partial charge in [-0.25, -0.2) is 14.8 Å². The first-order valence-corrected chi connectivity index (χ1v) is 8.20. The average Bonchev–Trinajstić information content (AvgIpc) is 2.82. The van der Waals surface area contributed by atoms with E-state index in [9.17, 15) is 4.79 Å². The molecular formula is C20H17N3O2. The van der Waals surface area contributed by atoms with E-state index in [1.54, 1.807) is 6.20 Å². The molecule has 0 aliphatic carbocycles. The molecule has 3 aromatic rings. The van der Waals surface area contributed by atoms with E-state index in [1.807, 2.05) is 48.5 Å². The van der Waals surface area contributed by atoms with Crippen LogP contribution in [0.2, 0.25) is 0 Å². The van der Waals surface area contributed by atoms with Crippen LogP contribution in [0, 0.1) is 0 Å². The summed E-state index contributed by atoms with van der Waals surface area (Å²) in [5.74, 6) is 0.859. The topological polar surface area (TPSA) is 55.3 Å². The van der Waals surface area contributed by atoms with Gasteiger partial charge >= 0.3 is 5.97 Å². The van der Waals surface area contributed by atoms with Gasteiger partial charge in [-0.15, -0.1) is 0 Å². The van der Waals surface area contributed by atoms with Crippen molar-refractivity contribution >= 4 is 11.8 Å². The van der Waals surface area contributed by atoms with Crippen LogP contribution in [0.25, 0.3) is 11.4 Å². The molecule has 0 spiro atoms. The van der Waals surface area contributed by atoms with Crippen LogP contribution in [-0.2, 0) is 11.3 Å². The molecule has 2 heterocycles. The van der Waals surface area contributed by atoms with Crippen molar-refractivity contribution in [3.8, 4) is 11.4 Å². The van der Waals surface area contributed by atoms with Gasteiger partial charge in [0.1, 0.15) is 18.0 Å². The van der Waals surface area contributed by atoms with Gasteiger partial charge in [0.05, 0.1) is 6.54 Å². The summed E-state index contributed by atoms with van der Waals surface area (Å²) in [6, 6.07) is 19.9. The Morgan fingerprint density at radius 1 is 1.00 bits per heavy atom. The molecule has 0 amide bonds. The van der Waals surface area contributed by atoms with Crippen LogP contribution in [0.3, 0.4) is 0 Å². The molecule has 0 fully saturated rings. The molecule has 124 valence electrons. The summed E-state index contributed by atoms with van der Waals surface area (Å²) in [4.78, 5) is 23.3. The minimum atomic E-state index is -0.370. The molecule has 0 saturated heterocycles. The molecule has 0 atom stereocenters. The number of cyclic esters (lactones) is 1. The number of rotatable bonds is 3. The maximum atomic E-state index is 12.2. The molecule has 5 heteroatoms. The molecule has 0 unspecified atom stereocenters. The van der Waals surface area contributed by atoms with Crippen LogP contribution >= 0.6 is 0 Å². The van der Waals surface area contributed by atoms with Crippen LogP contribution in [0.15, 0.2) is 66.9 Å². The van der Waals surface area contributed by atoms with Crippen LogP contribution in [-0.4, -0.2) is 29.1 Å². The van der Waals surface area contributed by atoms with Gasteiger partial charge in [-0.3, -0.25) is 0 Å². The summed E-state index contributed by atoms with van der Waals surface area (Å²) in [5.41, 5.74) is 2.48. The number of hydrogen-bond acceptors (Lipinski definition) is 5. The highest BCUT2D eigenvalue weighted by molar-refractivity contribution is 5.95. The van der Waals surface area contributed by atoms with Crippen LogP contribution in [0.5, 0.6) is 0 Å². The molecule has 1 aromatic heterocycles. The minimum Gasteiger partial charge on any atom is -0.460 e. The zero-order chi connectivity index (χ0) is 17.1. The molecule has 2 aromatic carbocycles. The fraction of sp³-hybridized carbons (Fsp3) is 0.150. The predicted octanol–water partition coefficient (Wildman–Crippen LogP) is 3.32. The van der Waals surface area contributed by atoms with Crippen LogP contribution in [0.4, 0.5) is 5.82 Å².